The Labute approximate surface area is 224 Å². The molecule has 0 saturated heterocycles. The molecule has 0 spiro atoms. The molecule has 0 unspecified atom stereocenters. The summed E-state index contributed by atoms with van der Waals surface area (Å²) in [6.45, 7) is 2.25. The zero-order chi connectivity index (χ0) is 27.1. The fourth-order valence-electron chi connectivity index (χ4n) is 4.43. The van der Waals surface area contributed by atoms with Crippen molar-refractivity contribution in [2.75, 3.05) is 11.1 Å². The van der Waals surface area contributed by atoms with Gasteiger partial charge in [-0.1, -0.05) is 12.1 Å². The van der Waals surface area contributed by atoms with Crippen LogP contribution in [0.15, 0.2) is 78.2 Å². The predicted molar refractivity (Wildman–Crippen MR) is 149 cm³/mol. The number of nitrogens with one attached hydrogen (secondary N) is 1. The number of nitrogens with zero attached hydrogens (tertiary/aromatic N) is 5. The lowest BCUT2D eigenvalue weighted by atomic mass is 10.1. The number of hydrogen-bond acceptors (Lipinski definition) is 8. The van der Waals surface area contributed by atoms with Crippen LogP contribution in [0.3, 0.4) is 0 Å². The molecule has 0 fully saturated rings. The molecular formula is C28H21F2N7OS. The highest BCUT2D eigenvalue weighted by Crippen LogP contribution is 2.32. The zero-order valence-corrected chi connectivity index (χ0v) is 21.4. The van der Waals surface area contributed by atoms with Crippen LogP contribution < -0.4 is 16.7 Å². The molecule has 11 heteroatoms. The minimum atomic E-state index is -0.969. The van der Waals surface area contributed by atoms with Crippen LogP contribution in [0.5, 0.6) is 0 Å². The maximum Gasteiger partial charge on any atom is 0.348 e. The number of nitrogens with two attached hydrogens (primary N) is 1. The number of halogens is 2. The van der Waals surface area contributed by atoms with E-state index in [4.69, 9.17) is 5.73 Å². The summed E-state index contributed by atoms with van der Waals surface area (Å²) in [5.41, 5.74) is 8.90. The van der Waals surface area contributed by atoms with Gasteiger partial charge in [-0.2, -0.15) is 4.98 Å². The van der Waals surface area contributed by atoms with Crippen LogP contribution in [0, 0.1) is 11.6 Å². The lowest BCUT2D eigenvalue weighted by molar-refractivity contribution is 0.502. The highest BCUT2D eigenvalue weighted by atomic mass is 32.1. The molecule has 3 N–H and O–H groups in total. The molecular weight excluding hydrogens is 520 g/mol. The SMILES string of the molecule is C[C@@H](c1ccc(F)c(F)c1)n1cc2c(NCc3ccc(-c4ccc5ncnc(N)c5c4)s3)cncc2nc1=O. The molecule has 0 saturated carbocycles. The van der Waals surface area contributed by atoms with Crippen LogP contribution >= 0.6 is 11.3 Å². The first kappa shape index (κ1) is 24.6. The van der Waals surface area contributed by atoms with Crippen molar-refractivity contribution >= 4 is 44.6 Å². The summed E-state index contributed by atoms with van der Waals surface area (Å²) in [5, 5.41) is 4.88. The number of thiophene rings is 1. The summed E-state index contributed by atoms with van der Waals surface area (Å²) < 4.78 is 28.7. The zero-order valence-electron chi connectivity index (χ0n) is 20.6. The van der Waals surface area contributed by atoms with E-state index in [2.05, 4.69) is 25.3 Å². The first-order chi connectivity index (χ1) is 18.9. The monoisotopic (exact) mass is 541 g/mol. The minimum Gasteiger partial charge on any atom is -0.383 e. The van der Waals surface area contributed by atoms with E-state index in [0.29, 0.717) is 34.5 Å². The minimum absolute atomic E-state index is 0.432. The Bertz CT molecular complexity index is 1920. The molecule has 0 aliphatic rings. The van der Waals surface area contributed by atoms with Crippen molar-refractivity contribution in [2.45, 2.75) is 19.5 Å². The van der Waals surface area contributed by atoms with Crippen molar-refractivity contribution in [1.29, 1.82) is 0 Å². The Hall–Kier alpha value is -4.77. The number of pyridine rings is 1. The Morgan fingerprint density at radius 1 is 1.00 bits per heavy atom. The van der Waals surface area contributed by atoms with Crippen LogP contribution in [0.2, 0.25) is 0 Å². The molecule has 8 nitrogen and oxygen atoms in total. The Morgan fingerprint density at radius 3 is 2.72 bits per heavy atom. The molecule has 0 amide bonds. The van der Waals surface area contributed by atoms with Gasteiger partial charge in [0.25, 0.3) is 0 Å². The van der Waals surface area contributed by atoms with E-state index >= 15 is 0 Å². The third-order valence-electron chi connectivity index (χ3n) is 6.58. The number of benzene rings is 2. The molecule has 39 heavy (non-hydrogen) atoms. The summed E-state index contributed by atoms with van der Waals surface area (Å²) in [6, 6.07) is 13.0. The van der Waals surface area contributed by atoms with Crippen LogP contribution in [-0.2, 0) is 6.54 Å². The van der Waals surface area contributed by atoms with E-state index in [-0.39, 0.29) is 0 Å². The maximum atomic E-state index is 13.8. The van der Waals surface area contributed by atoms with Gasteiger partial charge < -0.3 is 11.1 Å². The molecule has 0 aliphatic heterocycles. The summed E-state index contributed by atoms with van der Waals surface area (Å²) in [6.07, 6.45) is 6.31. The van der Waals surface area contributed by atoms with E-state index in [1.54, 1.807) is 30.7 Å². The van der Waals surface area contributed by atoms with Gasteiger partial charge in [0.15, 0.2) is 11.6 Å². The highest BCUT2D eigenvalue weighted by Gasteiger charge is 2.15. The first-order valence-electron chi connectivity index (χ1n) is 12.0. The van der Waals surface area contributed by atoms with Gasteiger partial charge in [0, 0.05) is 33.3 Å². The fraction of sp³-hybridized carbons (Fsp3) is 0.107. The number of hydrogen-bond donors (Lipinski definition) is 2. The summed E-state index contributed by atoms with van der Waals surface area (Å²) in [4.78, 5) is 31.6. The lowest BCUT2D eigenvalue weighted by Crippen LogP contribution is -2.26. The van der Waals surface area contributed by atoms with Crippen molar-refractivity contribution in [2.24, 2.45) is 0 Å². The van der Waals surface area contributed by atoms with Crippen LogP contribution in [0.1, 0.15) is 23.4 Å². The van der Waals surface area contributed by atoms with Gasteiger partial charge in [-0.05, 0) is 54.4 Å². The first-order valence-corrected chi connectivity index (χ1v) is 12.8. The molecule has 1 atom stereocenters. The Morgan fingerprint density at radius 2 is 1.87 bits per heavy atom. The van der Waals surface area contributed by atoms with Crippen LogP contribution in [0.25, 0.3) is 32.2 Å². The molecule has 0 radical (unpaired) electrons. The second-order valence-corrected chi connectivity index (χ2v) is 10.2. The molecule has 2 aromatic carbocycles. The fourth-order valence-corrected chi connectivity index (χ4v) is 5.37. The molecule has 6 aromatic rings. The van der Waals surface area contributed by atoms with Gasteiger partial charge in [-0.15, -0.1) is 11.3 Å². The van der Waals surface area contributed by atoms with Gasteiger partial charge >= 0.3 is 5.69 Å². The van der Waals surface area contributed by atoms with Crippen LogP contribution in [-0.4, -0.2) is 24.5 Å². The van der Waals surface area contributed by atoms with Gasteiger partial charge in [0.2, 0.25) is 0 Å². The van der Waals surface area contributed by atoms with Gasteiger partial charge in [0.05, 0.1) is 35.2 Å². The van der Waals surface area contributed by atoms with E-state index in [1.165, 1.54) is 23.2 Å². The third kappa shape index (κ3) is 4.68. The smallest absolute Gasteiger partial charge is 0.348 e. The number of nitrogen functional groups attached to an aromatic ring is 1. The van der Waals surface area contributed by atoms with Crippen LogP contribution in [0.4, 0.5) is 20.3 Å². The third-order valence-corrected chi connectivity index (χ3v) is 7.71. The van der Waals surface area contributed by atoms with Gasteiger partial charge in [0.1, 0.15) is 12.1 Å². The number of fused-ring (bicyclic) bond motifs is 2. The largest absolute Gasteiger partial charge is 0.383 e. The molecule has 0 bridgehead atoms. The quantitative estimate of drug-likeness (QED) is 0.285. The van der Waals surface area contributed by atoms with Crippen molar-refractivity contribution in [1.82, 2.24) is 24.5 Å². The van der Waals surface area contributed by atoms with E-state index in [0.717, 1.165) is 38.4 Å². The van der Waals surface area contributed by atoms with Gasteiger partial charge in [-0.3, -0.25) is 9.55 Å². The number of aromatic nitrogens is 5. The summed E-state index contributed by atoms with van der Waals surface area (Å²) in [7, 11) is 0. The Kier molecular flexibility index (Phi) is 6.20. The molecule has 4 heterocycles. The van der Waals surface area contributed by atoms with E-state index in [1.807, 2.05) is 30.3 Å². The number of anilines is 2. The maximum absolute atomic E-state index is 13.8. The predicted octanol–water partition coefficient (Wildman–Crippen LogP) is 5.55. The lowest BCUT2D eigenvalue weighted by Gasteiger charge is -2.17. The van der Waals surface area contributed by atoms with Crippen molar-refractivity contribution in [3.05, 3.63) is 106 Å². The summed E-state index contributed by atoms with van der Waals surface area (Å²) in [5.74, 6) is -1.47. The molecule has 194 valence electrons. The topological polar surface area (TPSA) is 112 Å². The van der Waals surface area contributed by atoms with Gasteiger partial charge in [-0.25, -0.2) is 23.5 Å². The van der Waals surface area contributed by atoms with Crippen molar-refractivity contribution in [3.63, 3.8) is 0 Å². The Balaban J connectivity index is 1.27. The average molecular weight is 542 g/mol. The standard InChI is InChI=1S/C28H21F2N7OS/c1-15(16-2-5-21(29)22(30)9-16)37-13-20-24(11-32-12-25(20)36-28(37)38)33-10-18-4-7-26(39-18)17-3-6-23-19(8-17)27(31)35-14-34-23/h2-9,11-15,33H,10H2,1H3,(H2,31,34,35)/t15-/m0/s1. The van der Waals surface area contributed by atoms with Crippen molar-refractivity contribution < 1.29 is 8.78 Å². The second kappa shape index (κ2) is 9.84. The average Bonchev–Trinajstić information content (AvgIpc) is 3.42. The second-order valence-electron chi connectivity index (χ2n) is 9.01. The molecule has 4 aromatic heterocycles. The normalized spacial score (nSPS) is 12.2. The molecule has 0 aliphatic carbocycles. The van der Waals surface area contributed by atoms with E-state index in [9.17, 15) is 13.6 Å². The highest BCUT2D eigenvalue weighted by molar-refractivity contribution is 7.15. The number of rotatable bonds is 6. The summed E-state index contributed by atoms with van der Waals surface area (Å²) >= 11 is 1.63. The molecule has 6 rings (SSSR count). The van der Waals surface area contributed by atoms with E-state index < -0.39 is 23.4 Å². The van der Waals surface area contributed by atoms with Crippen molar-refractivity contribution in [3.8, 4) is 10.4 Å².